The van der Waals surface area contributed by atoms with Crippen molar-refractivity contribution in [3.05, 3.63) is 12.7 Å². The first-order chi connectivity index (χ1) is 15.3. The predicted molar refractivity (Wildman–Crippen MR) is 123 cm³/mol. The van der Waals surface area contributed by atoms with Crippen molar-refractivity contribution in [3.63, 3.8) is 0 Å². The fourth-order valence-corrected chi connectivity index (χ4v) is 6.59. The van der Waals surface area contributed by atoms with Crippen LogP contribution in [0.5, 0.6) is 0 Å². The minimum absolute atomic E-state index is 0.0126. The van der Waals surface area contributed by atoms with Crippen molar-refractivity contribution in [2.45, 2.75) is 84.1 Å². The first-order valence-electron chi connectivity index (χ1n) is 12.0. The summed E-state index contributed by atoms with van der Waals surface area (Å²) in [5.74, 6) is -2.48. The number of carbonyl (C=O) groups is 3. The molecule has 1 spiro atoms. The molecule has 0 aromatic heterocycles. The molecule has 2 unspecified atom stereocenters. The number of ether oxygens (including phenoxy) is 2. The molecule has 2 bridgehead atoms. The van der Waals surface area contributed by atoms with Gasteiger partial charge < -0.3 is 24.4 Å². The number of rotatable bonds is 9. The van der Waals surface area contributed by atoms with E-state index in [9.17, 15) is 19.5 Å². The third-order valence-corrected chi connectivity index (χ3v) is 7.21. The lowest BCUT2D eigenvalue weighted by atomic mass is 9.70. The van der Waals surface area contributed by atoms with Gasteiger partial charge in [-0.05, 0) is 45.4 Å². The van der Waals surface area contributed by atoms with E-state index in [-0.39, 0.29) is 37.0 Å². The van der Waals surface area contributed by atoms with Gasteiger partial charge in [-0.1, -0.05) is 26.8 Å². The lowest BCUT2D eigenvalue weighted by molar-refractivity contribution is -0.156. The SMILES string of the molecule is C=CCN(C(=O)C1N(CCO)C(=O)[C@@H]2[C@@H](C(=O)OCC)[C@H]3CCC12O3)C(C)(C)CC(C)(C)C. The number of likely N-dealkylation sites (tertiary alicyclic amines) is 1. The second-order valence-corrected chi connectivity index (χ2v) is 11.4. The Hall–Kier alpha value is -1.93. The zero-order chi connectivity index (χ0) is 24.8. The molecule has 0 saturated carbocycles. The Morgan fingerprint density at radius 3 is 2.55 bits per heavy atom. The van der Waals surface area contributed by atoms with Gasteiger partial charge in [0, 0.05) is 18.6 Å². The van der Waals surface area contributed by atoms with Gasteiger partial charge in [0.1, 0.15) is 11.6 Å². The highest BCUT2D eigenvalue weighted by Crippen LogP contribution is 2.59. The van der Waals surface area contributed by atoms with Gasteiger partial charge in [-0.2, -0.15) is 0 Å². The fourth-order valence-electron chi connectivity index (χ4n) is 6.59. The van der Waals surface area contributed by atoms with Crippen LogP contribution in [0, 0.1) is 17.3 Å². The lowest BCUT2D eigenvalue weighted by Gasteiger charge is -2.45. The maximum Gasteiger partial charge on any atom is 0.312 e. The van der Waals surface area contributed by atoms with Crippen LogP contribution in [-0.2, 0) is 23.9 Å². The number of nitrogens with zero attached hydrogens (tertiary/aromatic N) is 2. The van der Waals surface area contributed by atoms with Crippen LogP contribution in [0.2, 0.25) is 0 Å². The van der Waals surface area contributed by atoms with Crippen LogP contribution in [0.4, 0.5) is 0 Å². The number of aliphatic hydroxyl groups is 1. The van der Waals surface area contributed by atoms with Crippen molar-refractivity contribution in [3.8, 4) is 0 Å². The molecule has 2 amide bonds. The van der Waals surface area contributed by atoms with Gasteiger partial charge in [0.2, 0.25) is 11.8 Å². The van der Waals surface area contributed by atoms with E-state index in [1.165, 1.54) is 4.90 Å². The second-order valence-electron chi connectivity index (χ2n) is 11.4. The number of esters is 1. The van der Waals surface area contributed by atoms with Crippen molar-refractivity contribution < 1.29 is 29.0 Å². The van der Waals surface area contributed by atoms with Crippen molar-refractivity contribution >= 4 is 17.8 Å². The van der Waals surface area contributed by atoms with Crippen LogP contribution in [0.1, 0.15) is 60.8 Å². The molecule has 0 radical (unpaired) electrons. The standard InChI is InChI=1S/C25H40N2O6/c1-8-12-27(24(6,7)15-23(3,4)5)21(30)19-25-11-10-16(33-25)17(22(31)32-9-2)18(25)20(29)26(19)13-14-28/h8,16-19,28H,1,9-15H2,2-7H3/t16-,17+,18+,19?,25?/m1/s1. The molecule has 3 heterocycles. The topological polar surface area (TPSA) is 96.4 Å². The smallest absolute Gasteiger partial charge is 0.312 e. The average molecular weight is 465 g/mol. The fraction of sp³-hybridized carbons (Fsp3) is 0.800. The monoisotopic (exact) mass is 464 g/mol. The molecule has 0 aliphatic carbocycles. The molecule has 0 aromatic carbocycles. The number of amides is 2. The van der Waals surface area contributed by atoms with E-state index in [1.807, 2.05) is 13.8 Å². The number of hydrogen-bond donors (Lipinski definition) is 1. The van der Waals surface area contributed by atoms with Gasteiger partial charge in [-0.3, -0.25) is 14.4 Å². The zero-order valence-electron chi connectivity index (χ0n) is 20.9. The van der Waals surface area contributed by atoms with Gasteiger partial charge >= 0.3 is 5.97 Å². The zero-order valence-corrected chi connectivity index (χ0v) is 20.9. The van der Waals surface area contributed by atoms with Crippen molar-refractivity contribution in [2.24, 2.45) is 17.3 Å². The highest BCUT2D eigenvalue weighted by molar-refractivity contribution is 5.98. The molecule has 3 saturated heterocycles. The molecule has 3 fully saturated rings. The molecule has 8 heteroatoms. The third-order valence-electron chi connectivity index (χ3n) is 7.21. The molecule has 0 aromatic rings. The van der Waals surface area contributed by atoms with E-state index in [2.05, 4.69) is 27.4 Å². The molecular weight excluding hydrogens is 424 g/mol. The van der Waals surface area contributed by atoms with E-state index < -0.39 is 41.1 Å². The minimum Gasteiger partial charge on any atom is -0.466 e. The third kappa shape index (κ3) is 4.32. The van der Waals surface area contributed by atoms with E-state index in [0.717, 1.165) is 6.42 Å². The Labute approximate surface area is 197 Å². The van der Waals surface area contributed by atoms with Crippen LogP contribution in [0.15, 0.2) is 12.7 Å². The molecule has 33 heavy (non-hydrogen) atoms. The summed E-state index contributed by atoms with van der Waals surface area (Å²) in [6.45, 7) is 16.3. The summed E-state index contributed by atoms with van der Waals surface area (Å²) in [6, 6.07) is -0.897. The van der Waals surface area contributed by atoms with Crippen LogP contribution in [0.25, 0.3) is 0 Å². The number of fused-ring (bicyclic) bond motifs is 1. The summed E-state index contributed by atoms with van der Waals surface area (Å²) >= 11 is 0. The highest BCUT2D eigenvalue weighted by atomic mass is 16.6. The minimum atomic E-state index is -1.08. The van der Waals surface area contributed by atoms with E-state index in [1.54, 1.807) is 17.9 Å². The van der Waals surface area contributed by atoms with Crippen LogP contribution in [-0.4, -0.2) is 82.3 Å². The Kier molecular flexibility index (Phi) is 7.02. The molecule has 3 aliphatic heterocycles. The van der Waals surface area contributed by atoms with E-state index in [4.69, 9.17) is 9.47 Å². The highest BCUT2D eigenvalue weighted by Gasteiger charge is 2.75. The quantitative estimate of drug-likeness (QED) is 0.415. The van der Waals surface area contributed by atoms with Crippen molar-refractivity contribution in [1.29, 1.82) is 0 Å². The molecule has 1 N–H and O–H groups in total. The first kappa shape index (κ1) is 25.7. The van der Waals surface area contributed by atoms with E-state index >= 15 is 0 Å². The number of aliphatic hydroxyl groups excluding tert-OH is 1. The van der Waals surface area contributed by atoms with Crippen molar-refractivity contribution in [2.75, 3.05) is 26.3 Å². The summed E-state index contributed by atoms with van der Waals surface area (Å²) in [4.78, 5) is 43.8. The molecule has 3 aliphatic rings. The number of hydrogen-bond acceptors (Lipinski definition) is 6. The van der Waals surface area contributed by atoms with Gasteiger partial charge in [0.25, 0.3) is 0 Å². The molecule has 8 nitrogen and oxygen atoms in total. The molecule has 3 rings (SSSR count). The lowest BCUT2D eigenvalue weighted by Crippen LogP contribution is -2.61. The summed E-state index contributed by atoms with van der Waals surface area (Å²) < 4.78 is 11.6. The Balaban J connectivity index is 2.04. The van der Waals surface area contributed by atoms with Gasteiger partial charge in [0.05, 0.1) is 31.2 Å². The predicted octanol–water partition coefficient (Wildman–Crippen LogP) is 2.15. The largest absolute Gasteiger partial charge is 0.466 e. The number of β-amino-alcohol motifs (C(OH)–C–C–N with tert-alkyl or cyclic N) is 1. The van der Waals surface area contributed by atoms with Crippen LogP contribution < -0.4 is 0 Å². The number of carbonyl (C=O) groups excluding carboxylic acids is 3. The van der Waals surface area contributed by atoms with Gasteiger partial charge in [-0.15, -0.1) is 6.58 Å². The molecule has 5 atom stereocenters. The maximum absolute atomic E-state index is 14.2. The Morgan fingerprint density at radius 2 is 2.00 bits per heavy atom. The summed E-state index contributed by atoms with van der Waals surface area (Å²) in [5, 5.41) is 9.72. The Morgan fingerprint density at radius 1 is 1.33 bits per heavy atom. The molecule has 186 valence electrons. The summed E-state index contributed by atoms with van der Waals surface area (Å²) in [6.07, 6.45) is 3.12. The second kappa shape index (κ2) is 9.02. The summed E-state index contributed by atoms with van der Waals surface area (Å²) in [5.41, 5.74) is -1.62. The van der Waals surface area contributed by atoms with Crippen LogP contribution >= 0.6 is 0 Å². The van der Waals surface area contributed by atoms with Gasteiger partial charge in [0.15, 0.2) is 0 Å². The van der Waals surface area contributed by atoms with Gasteiger partial charge in [-0.25, -0.2) is 0 Å². The average Bonchev–Trinajstić information content (AvgIpc) is 3.32. The first-order valence-corrected chi connectivity index (χ1v) is 12.0. The maximum atomic E-state index is 14.2. The Bertz CT molecular complexity index is 803. The summed E-state index contributed by atoms with van der Waals surface area (Å²) in [7, 11) is 0. The molecular formula is C25H40N2O6. The van der Waals surface area contributed by atoms with Crippen LogP contribution in [0.3, 0.4) is 0 Å². The normalized spacial score (nSPS) is 31.0. The van der Waals surface area contributed by atoms with Crippen molar-refractivity contribution in [1.82, 2.24) is 9.80 Å². The van der Waals surface area contributed by atoms with E-state index in [0.29, 0.717) is 19.4 Å².